The number of rotatable bonds is 7. The molecule has 172 valence electrons. The predicted molar refractivity (Wildman–Crippen MR) is 111 cm³/mol. The minimum atomic E-state index is -1.22. The fourth-order valence-corrected chi connectivity index (χ4v) is 4.00. The van der Waals surface area contributed by atoms with Crippen molar-refractivity contribution in [3.05, 3.63) is 71.8 Å². The van der Waals surface area contributed by atoms with Crippen molar-refractivity contribution in [1.82, 2.24) is 0 Å². The molecule has 2 aromatic carbocycles. The Kier molecular flexibility index (Phi) is 6.15. The van der Waals surface area contributed by atoms with Gasteiger partial charge in [-0.1, -0.05) is 36.4 Å². The van der Waals surface area contributed by atoms with E-state index in [0.717, 1.165) is 0 Å². The normalized spacial score (nSPS) is 27.1. The molecular formula is C24H22O9. The fourth-order valence-electron chi connectivity index (χ4n) is 4.00. The summed E-state index contributed by atoms with van der Waals surface area (Å²) in [6, 6.07) is 16.7. The zero-order valence-electron chi connectivity index (χ0n) is 18.0. The first-order valence-electron chi connectivity index (χ1n) is 10.3. The third-order valence-electron chi connectivity index (χ3n) is 5.56. The lowest BCUT2D eigenvalue weighted by atomic mass is 9.99. The van der Waals surface area contributed by atoms with Gasteiger partial charge in [0.2, 0.25) is 6.29 Å². The van der Waals surface area contributed by atoms with Crippen LogP contribution in [0.4, 0.5) is 0 Å². The van der Waals surface area contributed by atoms with Crippen molar-refractivity contribution in [2.75, 3.05) is 6.61 Å². The van der Waals surface area contributed by atoms with Crippen LogP contribution in [0.25, 0.3) is 0 Å². The molecule has 2 aliphatic rings. The van der Waals surface area contributed by atoms with E-state index in [1.54, 1.807) is 60.7 Å². The maximum atomic E-state index is 12.6. The summed E-state index contributed by atoms with van der Waals surface area (Å²) in [4.78, 5) is 48.5. The van der Waals surface area contributed by atoms with E-state index in [2.05, 4.69) is 0 Å². The monoisotopic (exact) mass is 454 g/mol. The van der Waals surface area contributed by atoms with Crippen molar-refractivity contribution in [1.29, 1.82) is 0 Å². The highest BCUT2D eigenvalue weighted by molar-refractivity contribution is 5.90. The third-order valence-corrected chi connectivity index (χ3v) is 5.56. The molecule has 1 unspecified atom stereocenters. The van der Waals surface area contributed by atoms with Crippen molar-refractivity contribution in [2.45, 2.75) is 38.4 Å². The van der Waals surface area contributed by atoms with Gasteiger partial charge < -0.3 is 23.7 Å². The second-order valence-electron chi connectivity index (χ2n) is 7.81. The molecular weight excluding hydrogens is 432 g/mol. The lowest BCUT2D eigenvalue weighted by Gasteiger charge is -2.28. The van der Waals surface area contributed by atoms with Crippen LogP contribution >= 0.6 is 0 Å². The summed E-state index contributed by atoms with van der Waals surface area (Å²) < 4.78 is 27.5. The van der Waals surface area contributed by atoms with Crippen molar-refractivity contribution in [3.8, 4) is 0 Å². The van der Waals surface area contributed by atoms with Gasteiger partial charge in [0.1, 0.15) is 24.2 Å². The Morgan fingerprint density at radius 1 is 0.758 bits per heavy atom. The van der Waals surface area contributed by atoms with Crippen LogP contribution in [0.5, 0.6) is 0 Å². The molecule has 5 atom stereocenters. The first-order chi connectivity index (χ1) is 15.8. The standard InChI is InChI=1S/C24H22O9/c1-14(25)30-20-23(31-15(2)26)33-19-18(32-22(28)17-11-7-4-8-12-17)24(19,20)13-29-21(27)16-9-5-3-6-10-16/h3-12,18-20,23H,13H2,1-2H3/t18?,19-,20+,23+,24+/m1/s1. The van der Waals surface area contributed by atoms with E-state index in [1.165, 1.54) is 13.8 Å². The Morgan fingerprint density at radius 3 is 1.85 bits per heavy atom. The molecule has 2 fully saturated rings. The molecule has 0 amide bonds. The number of carbonyl (C=O) groups excluding carboxylic acids is 4. The van der Waals surface area contributed by atoms with Crippen LogP contribution in [-0.2, 0) is 33.3 Å². The maximum absolute atomic E-state index is 12.6. The van der Waals surface area contributed by atoms with Crippen LogP contribution in [0.1, 0.15) is 34.6 Å². The molecule has 2 aromatic rings. The maximum Gasteiger partial charge on any atom is 0.338 e. The topological polar surface area (TPSA) is 114 Å². The molecule has 0 bridgehead atoms. The summed E-state index contributed by atoms with van der Waals surface area (Å²) in [6.45, 7) is 2.09. The lowest BCUT2D eigenvalue weighted by Crippen LogP contribution is -2.43. The number of fused-ring (bicyclic) bond motifs is 1. The summed E-state index contributed by atoms with van der Waals surface area (Å²) in [5, 5.41) is 0. The number of ether oxygens (including phenoxy) is 5. The highest BCUT2D eigenvalue weighted by atomic mass is 16.7. The molecule has 1 aliphatic heterocycles. The zero-order chi connectivity index (χ0) is 23.6. The van der Waals surface area contributed by atoms with E-state index in [1.807, 2.05) is 0 Å². The van der Waals surface area contributed by atoms with Crippen LogP contribution in [0, 0.1) is 5.41 Å². The van der Waals surface area contributed by atoms with E-state index < -0.39 is 53.9 Å². The number of esters is 4. The molecule has 1 aliphatic carbocycles. The van der Waals surface area contributed by atoms with E-state index in [0.29, 0.717) is 11.1 Å². The molecule has 9 nitrogen and oxygen atoms in total. The average Bonchev–Trinajstić information content (AvgIpc) is 3.29. The zero-order valence-corrected chi connectivity index (χ0v) is 18.0. The van der Waals surface area contributed by atoms with Gasteiger partial charge in [0.15, 0.2) is 6.10 Å². The summed E-state index contributed by atoms with van der Waals surface area (Å²) >= 11 is 0. The van der Waals surface area contributed by atoms with Gasteiger partial charge in [-0.3, -0.25) is 9.59 Å². The summed E-state index contributed by atoms with van der Waals surface area (Å²) in [6.07, 6.45) is -4.05. The summed E-state index contributed by atoms with van der Waals surface area (Å²) in [7, 11) is 0. The second kappa shape index (κ2) is 9.03. The first-order valence-corrected chi connectivity index (χ1v) is 10.3. The van der Waals surface area contributed by atoms with E-state index in [9.17, 15) is 19.2 Å². The van der Waals surface area contributed by atoms with Gasteiger partial charge in [-0.2, -0.15) is 0 Å². The molecule has 1 heterocycles. The first kappa shape index (κ1) is 22.5. The summed E-state index contributed by atoms with van der Waals surface area (Å²) in [5.41, 5.74) is -0.580. The van der Waals surface area contributed by atoms with Crippen LogP contribution in [0.2, 0.25) is 0 Å². The summed E-state index contributed by atoms with van der Waals surface area (Å²) in [5.74, 6) is -2.53. The van der Waals surface area contributed by atoms with E-state index >= 15 is 0 Å². The Labute approximate surface area is 189 Å². The Balaban J connectivity index is 1.58. The smallest absolute Gasteiger partial charge is 0.338 e. The lowest BCUT2D eigenvalue weighted by molar-refractivity contribution is -0.207. The molecule has 1 saturated carbocycles. The van der Waals surface area contributed by atoms with Crippen LogP contribution < -0.4 is 0 Å². The van der Waals surface area contributed by atoms with Gasteiger partial charge in [0, 0.05) is 13.8 Å². The van der Waals surface area contributed by atoms with Gasteiger partial charge in [-0.05, 0) is 24.3 Å². The number of carbonyl (C=O) groups is 4. The SMILES string of the molecule is CC(=O)O[C@H]1O[C@@H]2C(OC(=O)c3ccccc3)[C@]2(COC(=O)c2ccccc2)[C@H]1OC(C)=O. The van der Waals surface area contributed by atoms with Crippen LogP contribution in [0.15, 0.2) is 60.7 Å². The molecule has 0 aromatic heterocycles. The highest BCUT2D eigenvalue weighted by Crippen LogP contribution is 2.61. The molecule has 0 spiro atoms. The van der Waals surface area contributed by atoms with Crippen LogP contribution in [-0.4, -0.2) is 55.1 Å². The van der Waals surface area contributed by atoms with Gasteiger partial charge in [-0.25, -0.2) is 9.59 Å². The molecule has 9 heteroatoms. The fraction of sp³-hybridized carbons (Fsp3) is 0.333. The molecule has 4 rings (SSSR count). The molecule has 1 saturated heterocycles. The Hall–Kier alpha value is -3.72. The van der Waals surface area contributed by atoms with Gasteiger partial charge in [0.05, 0.1) is 11.1 Å². The minimum absolute atomic E-state index is 0.284. The Bertz CT molecular complexity index is 1050. The Morgan fingerprint density at radius 2 is 1.30 bits per heavy atom. The van der Waals surface area contributed by atoms with Gasteiger partial charge in [-0.15, -0.1) is 0 Å². The third kappa shape index (κ3) is 4.45. The average molecular weight is 454 g/mol. The number of hydrogen-bond acceptors (Lipinski definition) is 9. The van der Waals surface area contributed by atoms with Crippen molar-refractivity contribution in [3.63, 3.8) is 0 Å². The van der Waals surface area contributed by atoms with Crippen molar-refractivity contribution >= 4 is 23.9 Å². The minimum Gasteiger partial charge on any atom is -0.461 e. The predicted octanol–water partition coefficient (Wildman–Crippen LogP) is 2.29. The molecule has 33 heavy (non-hydrogen) atoms. The quantitative estimate of drug-likeness (QED) is 0.459. The second-order valence-corrected chi connectivity index (χ2v) is 7.81. The molecule has 0 radical (unpaired) electrons. The largest absolute Gasteiger partial charge is 0.461 e. The van der Waals surface area contributed by atoms with Crippen molar-refractivity contribution in [2.24, 2.45) is 5.41 Å². The van der Waals surface area contributed by atoms with Gasteiger partial charge >= 0.3 is 23.9 Å². The van der Waals surface area contributed by atoms with E-state index in [4.69, 9.17) is 23.7 Å². The highest BCUT2D eigenvalue weighted by Gasteiger charge is 2.82. The van der Waals surface area contributed by atoms with Gasteiger partial charge in [0.25, 0.3) is 0 Å². The number of benzene rings is 2. The van der Waals surface area contributed by atoms with Crippen molar-refractivity contribution < 1.29 is 42.9 Å². The van der Waals surface area contributed by atoms with E-state index in [-0.39, 0.29) is 6.61 Å². The van der Waals surface area contributed by atoms with Crippen LogP contribution in [0.3, 0.4) is 0 Å². The number of hydrogen-bond donors (Lipinski definition) is 0. The molecule has 0 N–H and O–H groups in total.